The quantitative estimate of drug-likeness (QED) is 0.693. The zero-order valence-corrected chi connectivity index (χ0v) is 16.6. The van der Waals surface area contributed by atoms with E-state index < -0.39 is 10.0 Å². The summed E-state index contributed by atoms with van der Waals surface area (Å²) < 4.78 is 28.4. The molecule has 8 nitrogen and oxygen atoms in total. The van der Waals surface area contributed by atoms with Crippen molar-refractivity contribution in [2.45, 2.75) is 31.2 Å². The Kier molecular flexibility index (Phi) is 8.33. The highest BCUT2D eigenvalue weighted by Crippen LogP contribution is 2.20. The highest BCUT2D eigenvalue weighted by Gasteiger charge is 2.25. The van der Waals surface area contributed by atoms with Gasteiger partial charge in [0.25, 0.3) is 10.0 Å². The summed E-state index contributed by atoms with van der Waals surface area (Å²) in [4.78, 5) is 18.0. The van der Waals surface area contributed by atoms with Crippen LogP contribution in [0.4, 0.5) is 0 Å². The number of nitrogens with zero attached hydrogens (tertiary/aromatic N) is 3. The minimum Gasteiger partial charge on any atom is -0.342 e. The minimum atomic E-state index is -3.76. The summed E-state index contributed by atoms with van der Waals surface area (Å²) in [6.07, 6.45) is 4.50. The fourth-order valence-electron chi connectivity index (χ4n) is 2.82. The van der Waals surface area contributed by atoms with Crippen LogP contribution in [0.15, 0.2) is 11.2 Å². The van der Waals surface area contributed by atoms with Crippen molar-refractivity contribution in [2.75, 3.05) is 33.2 Å². The summed E-state index contributed by atoms with van der Waals surface area (Å²) in [6, 6.07) is 0. The lowest BCUT2D eigenvalue weighted by Gasteiger charge is -2.32. The maximum atomic E-state index is 12.2. The van der Waals surface area contributed by atoms with Gasteiger partial charge in [0.2, 0.25) is 5.91 Å². The summed E-state index contributed by atoms with van der Waals surface area (Å²) in [5, 5.41) is 3.09. The van der Waals surface area contributed by atoms with Crippen molar-refractivity contribution in [2.24, 2.45) is 13.0 Å². The van der Waals surface area contributed by atoms with Gasteiger partial charge in [-0.2, -0.15) is 0 Å². The summed E-state index contributed by atoms with van der Waals surface area (Å²) in [6.45, 7) is 3.87. The maximum absolute atomic E-state index is 12.2. The maximum Gasteiger partial charge on any atom is 0.260 e. The summed E-state index contributed by atoms with van der Waals surface area (Å²) in [5.74, 6) is 1.05. The third-order valence-electron chi connectivity index (χ3n) is 4.55. The number of amides is 1. The molecular formula is C15H28ClN5O3S. The Bertz CT molecular complexity index is 649. The van der Waals surface area contributed by atoms with Crippen molar-refractivity contribution < 1.29 is 13.2 Å². The van der Waals surface area contributed by atoms with Gasteiger partial charge in [-0.15, -0.1) is 12.4 Å². The first-order chi connectivity index (χ1) is 11.3. The van der Waals surface area contributed by atoms with Crippen molar-refractivity contribution in [1.82, 2.24) is 24.5 Å². The van der Waals surface area contributed by atoms with Gasteiger partial charge in [-0.3, -0.25) is 4.79 Å². The lowest BCUT2D eigenvalue weighted by atomic mass is 9.93. The van der Waals surface area contributed by atoms with E-state index in [9.17, 15) is 13.2 Å². The molecule has 25 heavy (non-hydrogen) atoms. The lowest BCUT2D eigenvalue weighted by Crippen LogP contribution is -2.44. The van der Waals surface area contributed by atoms with Crippen LogP contribution in [0.1, 0.15) is 25.1 Å². The molecule has 144 valence electrons. The van der Waals surface area contributed by atoms with E-state index >= 15 is 0 Å². The molecule has 0 atom stereocenters. The fourth-order valence-corrected chi connectivity index (χ4v) is 3.83. The first-order valence-corrected chi connectivity index (χ1v) is 9.74. The second-order valence-electron chi connectivity index (χ2n) is 6.28. The van der Waals surface area contributed by atoms with Gasteiger partial charge in [0.05, 0.1) is 6.54 Å². The molecule has 1 fully saturated rings. The van der Waals surface area contributed by atoms with Crippen LogP contribution in [0, 0.1) is 12.8 Å². The number of rotatable bonds is 7. The second-order valence-corrected chi connectivity index (χ2v) is 7.99. The molecule has 1 aromatic heterocycles. The lowest BCUT2D eigenvalue weighted by molar-refractivity contribution is -0.131. The number of hydrogen-bond acceptors (Lipinski definition) is 5. The predicted molar refractivity (Wildman–Crippen MR) is 98.2 cm³/mol. The second kappa shape index (κ2) is 9.51. The molecule has 0 saturated carbocycles. The molecule has 0 aromatic carbocycles. The molecule has 1 saturated heterocycles. The topological polar surface area (TPSA) is 96.3 Å². The molecule has 0 radical (unpaired) electrons. The summed E-state index contributed by atoms with van der Waals surface area (Å²) >= 11 is 0. The number of nitrogens with one attached hydrogen (secondary N) is 2. The van der Waals surface area contributed by atoms with Gasteiger partial charge in [0.1, 0.15) is 5.82 Å². The number of imidazole rings is 1. The van der Waals surface area contributed by atoms with Crippen molar-refractivity contribution in [3.8, 4) is 0 Å². The van der Waals surface area contributed by atoms with Crippen LogP contribution >= 0.6 is 12.4 Å². The smallest absolute Gasteiger partial charge is 0.260 e. The van der Waals surface area contributed by atoms with E-state index in [1.54, 1.807) is 23.4 Å². The van der Waals surface area contributed by atoms with Gasteiger partial charge in [-0.05, 0) is 45.7 Å². The molecule has 10 heteroatoms. The van der Waals surface area contributed by atoms with E-state index in [0.29, 0.717) is 24.8 Å². The van der Waals surface area contributed by atoms with Crippen LogP contribution in [0.5, 0.6) is 0 Å². The normalized spacial score (nSPS) is 15.9. The van der Waals surface area contributed by atoms with Crippen LogP contribution in [0.25, 0.3) is 0 Å². The van der Waals surface area contributed by atoms with Crippen molar-refractivity contribution in [3.63, 3.8) is 0 Å². The minimum absolute atomic E-state index is 0. The SMILES string of the molecule is CNCCC1CCN(C(=O)CNS(=O)(=O)c2cn(C)c(C)n2)CC1.Cl. The van der Waals surface area contributed by atoms with Crippen LogP contribution in [-0.4, -0.2) is 62.0 Å². The number of aryl methyl sites for hydroxylation is 2. The highest BCUT2D eigenvalue weighted by atomic mass is 35.5. The third-order valence-corrected chi connectivity index (χ3v) is 5.82. The first-order valence-electron chi connectivity index (χ1n) is 8.25. The Balaban J connectivity index is 0.00000312. The molecule has 1 aliphatic rings. The number of carbonyl (C=O) groups excluding carboxylic acids is 1. The Hall–Kier alpha value is -1.16. The first kappa shape index (κ1) is 21.9. The summed E-state index contributed by atoms with van der Waals surface area (Å²) in [5.41, 5.74) is 0. The molecule has 1 aliphatic heterocycles. The van der Waals surface area contributed by atoms with Crippen LogP contribution in [0.2, 0.25) is 0 Å². The Morgan fingerprint density at radius 1 is 1.36 bits per heavy atom. The molecule has 0 unspecified atom stereocenters. The average Bonchev–Trinajstić information content (AvgIpc) is 2.91. The van der Waals surface area contributed by atoms with Crippen LogP contribution in [0.3, 0.4) is 0 Å². The molecule has 1 amide bonds. The number of sulfonamides is 1. The number of aromatic nitrogens is 2. The summed E-state index contributed by atoms with van der Waals surface area (Å²) in [7, 11) is -0.0909. The van der Waals surface area contributed by atoms with Crippen molar-refractivity contribution in [1.29, 1.82) is 0 Å². The standard InChI is InChI=1S/C15H27N5O3S.ClH/c1-12-18-14(11-19(12)3)24(22,23)17-10-15(21)20-8-5-13(6-9-20)4-7-16-2;/h11,13,16-17H,4-10H2,1-3H3;1H. The van der Waals surface area contributed by atoms with Crippen LogP contribution < -0.4 is 10.0 Å². The van der Waals surface area contributed by atoms with E-state index in [0.717, 1.165) is 25.8 Å². The van der Waals surface area contributed by atoms with Gasteiger partial charge in [0.15, 0.2) is 5.03 Å². The van der Waals surface area contributed by atoms with E-state index in [2.05, 4.69) is 15.0 Å². The molecule has 2 heterocycles. The van der Waals surface area contributed by atoms with Crippen molar-refractivity contribution in [3.05, 3.63) is 12.0 Å². The fraction of sp³-hybridized carbons (Fsp3) is 0.733. The van der Waals surface area contributed by atoms with E-state index in [1.165, 1.54) is 6.20 Å². The van der Waals surface area contributed by atoms with Gasteiger partial charge in [0, 0.05) is 26.3 Å². The third kappa shape index (κ3) is 5.95. The predicted octanol–water partition coefficient (Wildman–Crippen LogP) is 0.277. The van der Waals surface area contributed by atoms with Crippen LogP contribution in [-0.2, 0) is 21.9 Å². The molecule has 2 N–H and O–H groups in total. The Morgan fingerprint density at radius 3 is 2.52 bits per heavy atom. The van der Waals surface area contributed by atoms with E-state index in [1.807, 2.05) is 7.05 Å². The molecule has 0 aliphatic carbocycles. The van der Waals surface area contributed by atoms with E-state index in [-0.39, 0.29) is 29.9 Å². The zero-order chi connectivity index (χ0) is 17.7. The largest absolute Gasteiger partial charge is 0.342 e. The molecule has 0 spiro atoms. The Morgan fingerprint density at radius 2 is 2.00 bits per heavy atom. The molecular weight excluding hydrogens is 366 g/mol. The number of likely N-dealkylation sites (tertiary alicyclic amines) is 1. The zero-order valence-electron chi connectivity index (χ0n) is 15.0. The van der Waals surface area contributed by atoms with Gasteiger partial charge < -0.3 is 14.8 Å². The van der Waals surface area contributed by atoms with Gasteiger partial charge in [-0.25, -0.2) is 18.1 Å². The highest BCUT2D eigenvalue weighted by molar-refractivity contribution is 7.89. The van der Waals surface area contributed by atoms with Gasteiger partial charge in [-0.1, -0.05) is 0 Å². The number of piperidine rings is 1. The van der Waals surface area contributed by atoms with Gasteiger partial charge >= 0.3 is 0 Å². The molecule has 2 rings (SSSR count). The monoisotopic (exact) mass is 393 g/mol. The number of carbonyl (C=O) groups is 1. The average molecular weight is 394 g/mol. The number of halogens is 1. The van der Waals surface area contributed by atoms with E-state index in [4.69, 9.17) is 0 Å². The Labute approximate surface area is 155 Å². The van der Waals surface area contributed by atoms with Crippen molar-refractivity contribution >= 4 is 28.3 Å². The number of hydrogen-bond donors (Lipinski definition) is 2. The molecule has 1 aromatic rings. The molecule has 0 bridgehead atoms.